The minimum absolute atomic E-state index is 0.0932. The first-order valence-corrected chi connectivity index (χ1v) is 6.49. The highest BCUT2D eigenvalue weighted by Crippen LogP contribution is 2.13. The van der Waals surface area contributed by atoms with Gasteiger partial charge in [-0.25, -0.2) is 4.79 Å². The standard InChI is InChI=1S/C14H13ClN2O4/c15-9-6-11(16-7-9)13(19)17-12(14(20)21)5-8-1-3-10(18)4-2-8/h1-4,6-7,12,16,18H,5H2,(H,17,19)(H,20,21). The van der Waals surface area contributed by atoms with Crippen LogP contribution in [0.25, 0.3) is 0 Å². The Bertz CT molecular complexity index is 651. The molecular formula is C14H13ClN2O4. The molecule has 0 saturated carbocycles. The van der Waals surface area contributed by atoms with Gasteiger partial charge in [-0.15, -0.1) is 0 Å². The molecule has 1 amide bonds. The van der Waals surface area contributed by atoms with E-state index in [2.05, 4.69) is 10.3 Å². The fourth-order valence-electron chi connectivity index (χ4n) is 1.80. The van der Waals surface area contributed by atoms with Crippen LogP contribution in [0.2, 0.25) is 5.02 Å². The Kier molecular flexibility index (Phi) is 4.49. The zero-order valence-corrected chi connectivity index (χ0v) is 11.6. The molecule has 1 heterocycles. The Balaban J connectivity index is 2.07. The number of aromatic amines is 1. The monoisotopic (exact) mass is 308 g/mol. The summed E-state index contributed by atoms with van der Waals surface area (Å²) in [5.74, 6) is -1.60. The summed E-state index contributed by atoms with van der Waals surface area (Å²) in [6.07, 6.45) is 1.54. The van der Waals surface area contributed by atoms with Crippen LogP contribution in [0, 0.1) is 0 Å². The molecule has 0 fully saturated rings. The molecule has 4 N–H and O–H groups in total. The summed E-state index contributed by atoms with van der Waals surface area (Å²) in [4.78, 5) is 25.8. The number of aromatic hydroxyl groups is 1. The Morgan fingerprint density at radius 1 is 1.29 bits per heavy atom. The largest absolute Gasteiger partial charge is 0.508 e. The van der Waals surface area contributed by atoms with Crippen LogP contribution in [0.15, 0.2) is 36.5 Å². The van der Waals surface area contributed by atoms with E-state index in [9.17, 15) is 19.8 Å². The van der Waals surface area contributed by atoms with Crippen molar-refractivity contribution in [3.63, 3.8) is 0 Å². The number of carboxylic acid groups (broad SMARTS) is 1. The van der Waals surface area contributed by atoms with E-state index >= 15 is 0 Å². The van der Waals surface area contributed by atoms with Crippen LogP contribution in [-0.2, 0) is 11.2 Å². The SMILES string of the molecule is O=C(NC(Cc1ccc(O)cc1)C(=O)O)c1cc(Cl)c[nH]1. The van der Waals surface area contributed by atoms with E-state index in [0.29, 0.717) is 10.6 Å². The van der Waals surface area contributed by atoms with Crippen molar-refractivity contribution in [3.8, 4) is 5.75 Å². The van der Waals surface area contributed by atoms with Gasteiger partial charge in [0.05, 0.1) is 5.02 Å². The predicted octanol–water partition coefficient (Wildman–Crippen LogP) is 1.80. The van der Waals surface area contributed by atoms with Crippen molar-refractivity contribution in [1.29, 1.82) is 0 Å². The number of carbonyl (C=O) groups is 2. The number of halogens is 1. The number of amides is 1. The first kappa shape index (κ1) is 14.9. The average Bonchev–Trinajstić information content (AvgIpc) is 2.87. The number of phenolic OH excluding ortho intramolecular Hbond substituents is 1. The lowest BCUT2D eigenvalue weighted by molar-refractivity contribution is -0.139. The Morgan fingerprint density at radius 3 is 2.48 bits per heavy atom. The highest BCUT2D eigenvalue weighted by Gasteiger charge is 2.21. The van der Waals surface area contributed by atoms with Crippen molar-refractivity contribution >= 4 is 23.5 Å². The molecule has 110 valence electrons. The molecule has 0 aliphatic heterocycles. The van der Waals surface area contributed by atoms with Crippen LogP contribution < -0.4 is 5.32 Å². The number of hydrogen-bond donors (Lipinski definition) is 4. The normalized spacial score (nSPS) is 11.9. The summed E-state index contributed by atoms with van der Waals surface area (Å²) in [7, 11) is 0. The van der Waals surface area contributed by atoms with Crippen molar-refractivity contribution in [1.82, 2.24) is 10.3 Å². The predicted molar refractivity (Wildman–Crippen MR) is 76.5 cm³/mol. The number of aliphatic carboxylic acids is 1. The maximum atomic E-state index is 11.9. The second-order valence-electron chi connectivity index (χ2n) is 4.47. The summed E-state index contributed by atoms with van der Waals surface area (Å²) in [5.41, 5.74) is 0.877. The Labute approximate surface area is 125 Å². The molecule has 7 heteroatoms. The van der Waals surface area contributed by atoms with Gasteiger partial charge in [-0.3, -0.25) is 4.79 Å². The molecule has 2 aromatic rings. The second kappa shape index (κ2) is 6.32. The third kappa shape index (κ3) is 4.00. The maximum Gasteiger partial charge on any atom is 0.326 e. The summed E-state index contributed by atoms with van der Waals surface area (Å²) in [6, 6.07) is 6.45. The van der Waals surface area contributed by atoms with Gasteiger partial charge in [-0.2, -0.15) is 0 Å². The van der Waals surface area contributed by atoms with Crippen LogP contribution in [0.4, 0.5) is 0 Å². The molecule has 2 rings (SSSR count). The number of carboxylic acids is 1. The van der Waals surface area contributed by atoms with Crippen LogP contribution in [0.5, 0.6) is 5.75 Å². The van der Waals surface area contributed by atoms with Crippen molar-refractivity contribution in [2.75, 3.05) is 0 Å². The van der Waals surface area contributed by atoms with Gasteiger partial charge in [0.2, 0.25) is 0 Å². The number of rotatable bonds is 5. The van der Waals surface area contributed by atoms with Crippen molar-refractivity contribution in [3.05, 3.63) is 52.8 Å². The van der Waals surface area contributed by atoms with E-state index in [1.165, 1.54) is 24.4 Å². The van der Waals surface area contributed by atoms with Crippen LogP contribution in [0.3, 0.4) is 0 Å². The van der Waals surface area contributed by atoms with Gasteiger partial charge in [-0.1, -0.05) is 23.7 Å². The third-order valence-corrected chi connectivity index (χ3v) is 3.09. The molecule has 1 aromatic carbocycles. The van der Waals surface area contributed by atoms with E-state index in [4.69, 9.17) is 11.6 Å². The molecule has 0 spiro atoms. The van der Waals surface area contributed by atoms with Gasteiger partial charge in [0.1, 0.15) is 17.5 Å². The summed E-state index contributed by atoms with van der Waals surface area (Å²) < 4.78 is 0. The minimum Gasteiger partial charge on any atom is -0.508 e. The van der Waals surface area contributed by atoms with Gasteiger partial charge in [0.25, 0.3) is 5.91 Å². The average molecular weight is 309 g/mol. The third-order valence-electron chi connectivity index (χ3n) is 2.87. The molecule has 21 heavy (non-hydrogen) atoms. The second-order valence-corrected chi connectivity index (χ2v) is 4.90. The molecule has 1 aromatic heterocycles. The molecule has 0 aliphatic rings. The van der Waals surface area contributed by atoms with Gasteiger partial charge in [-0.05, 0) is 23.8 Å². The smallest absolute Gasteiger partial charge is 0.326 e. The maximum absolute atomic E-state index is 11.9. The van der Waals surface area contributed by atoms with Gasteiger partial charge in [0, 0.05) is 12.6 Å². The van der Waals surface area contributed by atoms with Gasteiger partial charge in [0.15, 0.2) is 0 Å². The zero-order chi connectivity index (χ0) is 15.4. The number of phenols is 1. The van der Waals surface area contributed by atoms with E-state index in [-0.39, 0.29) is 17.9 Å². The highest BCUT2D eigenvalue weighted by atomic mass is 35.5. The fourth-order valence-corrected chi connectivity index (χ4v) is 1.97. The van der Waals surface area contributed by atoms with Crippen LogP contribution in [-0.4, -0.2) is 33.1 Å². The molecule has 0 bridgehead atoms. The number of aromatic nitrogens is 1. The molecular weight excluding hydrogens is 296 g/mol. The molecule has 1 unspecified atom stereocenters. The zero-order valence-electron chi connectivity index (χ0n) is 10.8. The number of hydrogen-bond acceptors (Lipinski definition) is 3. The number of benzene rings is 1. The first-order chi connectivity index (χ1) is 9.95. The first-order valence-electron chi connectivity index (χ1n) is 6.11. The van der Waals surface area contributed by atoms with E-state index < -0.39 is 17.9 Å². The lowest BCUT2D eigenvalue weighted by Gasteiger charge is -2.14. The Morgan fingerprint density at radius 2 is 1.95 bits per heavy atom. The van der Waals surface area contributed by atoms with E-state index in [1.807, 2.05) is 0 Å². The van der Waals surface area contributed by atoms with Crippen molar-refractivity contribution in [2.45, 2.75) is 12.5 Å². The van der Waals surface area contributed by atoms with E-state index in [1.54, 1.807) is 12.1 Å². The van der Waals surface area contributed by atoms with E-state index in [0.717, 1.165) is 0 Å². The minimum atomic E-state index is -1.14. The van der Waals surface area contributed by atoms with Gasteiger partial charge >= 0.3 is 5.97 Å². The summed E-state index contributed by atoms with van der Waals surface area (Å²) in [5, 5.41) is 21.2. The summed E-state index contributed by atoms with van der Waals surface area (Å²) >= 11 is 5.70. The molecule has 0 aliphatic carbocycles. The number of H-pyrrole nitrogens is 1. The fraction of sp³-hybridized carbons (Fsp3) is 0.143. The van der Waals surface area contributed by atoms with Crippen LogP contribution in [0.1, 0.15) is 16.1 Å². The van der Waals surface area contributed by atoms with Crippen LogP contribution >= 0.6 is 11.6 Å². The topological polar surface area (TPSA) is 102 Å². The van der Waals surface area contributed by atoms with Crippen molar-refractivity contribution < 1.29 is 19.8 Å². The Hall–Kier alpha value is -2.47. The lowest BCUT2D eigenvalue weighted by Crippen LogP contribution is -2.42. The number of carbonyl (C=O) groups excluding carboxylic acids is 1. The van der Waals surface area contributed by atoms with Gasteiger partial charge < -0.3 is 20.5 Å². The lowest BCUT2D eigenvalue weighted by atomic mass is 10.1. The molecule has 0 radical (unpaired) electrons. The van der Waals surface area contributed by atoms with Crippen molar-refractivity contribution in [2.24, 2.45) is 0 Å². The molecule has 6 nitrogen and oxygen atoms in total. The molecule has 1 atom stereocenters. The highest BCUT2D eigenvalue weighted by molar-refractivity contribution is 6.31. The quantitative estimate of drug-likeness (QED) is 0.676. The number of nitrogens with one attached hydrogen (secondary N) is 2. The molecule has 0 saturated heterocycles. The summed E-state index contributed by atoms with van der Waals surface area (Å²) in [6.45, 7) is 0.